The maximum Gasteiger partial charge on any atom is 0.0471 e. The zero-order valence-corrected chi connectivity index (χ0v) is 10.1. The van der Waals surface area contributed by atoms with E-state index in [1.54, 1.807) is 0 Å². The van der Waals surface area contributed by atoms with Crippen LogP contribution in [0.2, 0.25) is 0 Å². The molecule has 0 amide bonds. The number of rotatable bonds is 2. The Labute approximate surface area is 98.4 Å². The van der Waals surface area contributed by atoms with Crippen LogP contribution in [0.15, 0.2) is 0 Å². The van der Waals surface area contributed by atoms with Crippen LogP contribution in [0.3, 0.4) is 0 Å². The van der Waals surface area contributed by atoms with Crippen LogP contribution in [0.5, 0.6) is 0 Å². The molecule has 2 aliphatic rings. The Hall–Kier alpha value is -0.160. The first-order valence-corrected chi connectivity index (χ1v) is 6.50. The van der Waals surface area contributed by atoms with Crippen molar-refractivity contribution in [3.63, 3.8) is 0 Å². The van der Waals surface area contributed by atoms with Gasteiger partial charge in [0.2, 0.25) is 0 Å². The molecular formula is C12H26N2O2. The van der Waals surface area contributed by atoms with E-state index in [2.05, 4.69) is 10.6 Å². The summed E-state index contributed by atoms with van der Waals surface area (Å²) in [5, 5.41) is 23.8. The Balaban J connectivity index is 0.000000160. The Morgan fingerprint density at radius 3 is 1.44 bits per heavy atom. The highest BCUT2D eigenvalue weighted by molar-refractivity contribution is 4.67. The molecule has 2 aliphatic heterocycles. The van der Waals surface area contributed by atoms with Crippen LogP contribution in [0.25, 0.3) is 0 Å². The first-order chi connectivity index (χ1) is 7.86. The van der Waals surface area contributed by atoms with Gasteiger partial charge in [-0.25, -0.2) is 0 Å². The molecule has 4 nitrogen and oxygen atoms in total. The predicted octanol–water partition coefficient (Wildman–Crippen LogP) is -0.0434. The lowest BCUT2D eigenvalue weighted by Crippen LogP contribution is -2.31. The molecule has 2 rings (SSSR count). The normalized spacial score (nSPS) is 30.4. The van der Waals surface area contributed by atoms with Crippen LogP contribution in [-0.2, 0) is 0 Å². The fourth-order valence-electron chi connectivity index (χ4n) is 2.16. The molecule has 2 saturated heterocycles. The summed E-state index contributed by atoms with van der Waals surface area (Å²) in [5.41, 5.74) is 0. The third-order valence-corrected chi connectivity index (χ3v) is 3.31. The number of aliphatic hydroxyl groups is 2. The van der Waals surface area contributed by atoms with Gasteiger partial charge in [0.05, 0.1) is 0 Å². The SMILES string of the molecule is OC[C@H]1CCCNC1.OC[C@H]1CCCNC1. The Bertz CT molecular complexity index is 137. The van der Waals surface area contributed by atoms with Crippen LogP contribution in [0, 0.1) is 11.8 Å². The van der Waals surface area contributed by atoms with Crippen molar-refractivity contribution in [1.82, 2.24) is 10.6 Å². The van der Waals surface area contributed by atoms with Crippen molar-refractivity contribution in [2.75, 3.05) is 39.4 Å². The molecule has 2 fully saturated rings. The summed E-state index contributed by atoms with van der Waals surface area (Å²) in [7, 11) is 0. The van der Waals surface area contributed by atoms with E-state index >= 15 is 0 Å². The molecular weight excluding hydrogens is 204 g/mol. The summed E-state index contributed by atoms with van der Waals surface area (Å²) in [6.45, 7) is 5.00. The molecule has 2 heterocycles. The van der Waals surface area contributed by atoms with Gasteiger partial charge in [0, 0.05) is 26.3 Å². The average molecular weight is 230 g/mol. The number of hydrogen-bond acceptors (Lipinski definition) is 4. The van der Waals surface area contributed by atoms with Gasteiger partial charge in [-0.3, -0.25) is 0 Å². The van der Waals surface area contributed by atoms with E-state index in [1.807, 2.05) is 0 Å². The summed E-state index contributed by atoms with van der Waals surface area (Å²) in [4.78, 5) is 0. The fourth-order valence-corrected chi connectivity index (χ4v) is 2.16. The van der Waals surface area contributed by atoms with Crippen molar-refractivity contribution in [2.24, 2.45) is 11.8 Å². The van der Waals surface area contributed by atoms with Crippen molar-refractivity contribution >= 4 is 0 Å². The van der Waals surface area contributed by atoms with E-state index in [-0.39, 0.29) is 0 Å². The largest absolute Gasteiger partial charge is 0.396 e. The van der Waals surface area contributed by atoms with E-state index in [4.69, 9.17) is 10.2 Å². The van der Waals surface area contributed by atoms with Gasteiger partial charge in [0.25, 0.3) is 0 Å². The number of aliphatic hydroxyl groups excluding tert-OH is 2. The van der Waals surface area contributed by atoms with Gasteiger partial charge < -0.3 is 20.8 Å². The van der Waals surface area contributed by atoms with Crippen molar-refractivity contribution in [1.29, 1.82) is 0 Å². The van der Waals surface area contributed by atoms with Crippen LogP contribution >= 0.6 is 0 Å². The lowest BCUT2D eigenvalue weighted by Gasteiger charge is -2.19. The highest BCUT2D eigenvalue weighted by atomic mass is 16.3. The minimum absolute atomic E-state index is 0.354. The molecule has 4 heteroatoms. The standard InChI is InChI=1S/2C6H13NO/c2*8-5-6-2-1-3-7-4-6/h2*6-8H,1-5H2/t2*6-/m00/s1. The molecule has 0 aromatic heterocycles. The van der Waals surface area contributed by atoms with Gasteiger partial charge in [0.15, 0.2) is 0 Å². The zero-order valence-electron chi connectivity index (χ0n) is 10.1. The molecule has 0 aromatic rings. The second-order valence-corrected chi connectivity index (χ2v) is 4.79. The first kappa shape index (κ1) is 13.9. The number of piperidine rings is 2. The average Bonchev–Trinajstić information content (AvgIpc) is 2.41. The lowest BCUT2D eigenvalue weighted by atomic mass is 10.0. The van der Waals surface area contributed by atoms with E-state index in [0.717, 1.165) is 26.2 Å². The van der Waals surface area contributed by atoms with Gasteiger partial charge in [-0.1, -0.05) is 0 Å². The second-order valence-electron chi connectivity index (χ2n) is 4.79. The van der Waals surface area contributed by atoms with Crippen molar-refractivity contribution < 1.29 is 10.2 Å². The molecule has 0 spiro atoms. The smallest absolute Gasteiger partial charge is 0.0471 e. The third kappa shape index (κ3) is 5.80. The zero-order chi connectivity index (χ0) is 11.6. The molecule has 0 saturated carbocycles. The molecule has 4 N–H and O–H groups in total. The maximum atomic E-state index is 8.65. The van der Waals surface area contributed by atoms with Gasteiger partial charge in [-0.2, -0.15) is 0 Å². The molecule has 2 atom stereocenters. The van der Waals surface area contributed by atoms with Gasteiger partial charge >= 0.3 is 0 Å². The highest BCUT2D eigenvalue weighted by Crippen LogP contribution is 2.07. The predicted molar refractivity (Wildman–Crippen MR) is 65.4 cm³/mol. The summed E-state index contributed by atoms with van der Waals surface area (Å²) in [5.74, 6) is 1.06. The fraction of sp³-hybridized carbons (Fsp3) is 1.00. The Morgan fingerprint density at radius 1 is 0.812 bits per heavy atom. The summed E-state index contributed by atoms with van der Waals surface area (Å²) in [6.07, 6.45) is 4.85. The molecule has 0 aromatic carbocycles. The molecule has 96 valence electrons. The summed E-state index contributed by atoms with van der Waals surface area (Å²) < 4.78 is 0. The quantitative estimate of drug-likeness (QED) is 0.537. The summed E-state index contributed by atoms with van der Waals surface area (Å²) >= 11 is 0. The van der Waals surface area contributed by atoms with Crippen LogP contribution < -0.4 is 10.6 Å². The van der Waals surface area contributed by atoms with Crippen molar-refractivity contribution in [3.8, 4) is 0 Å². The summed E-state index contributed by atoms with van der Waals surface area (Å²) in [6, 6.07) is 0. The Morgan fingerprint density at radius 2 is 1.25 bits per heavy atom. The minimum atomic E-state index is 0.354. The topological polar surface area (TPSA) is 64.5 Å². The van der Waals surface area contributed by atoms with Crippen molar-refractivity contribution in [3.05, 3.63) is 0 Å². The number of hydrogen-bond donors (Lipinski definition) is 4. The highest BCUT2D eigenvalue weighted by Gasteiger charge is 2.10. The first-order valence-electron chi connectivity index (χ1n) is 6.50. The third-order valence-electron chi connectivity index (χ3n) is 3.31. The van der Waals surface area contributed by atoms with E-state index in [1.165, 1.54) is 25.7 Å². The van der Waals surface area contributed by atoms with E-state index in [9.17, 15) is 0 Å². The molecule has 0 radical (unpaired) electrons. The molecule has 0 aliphatic carbocycles. The number of nitrogens with one attached hydrogen (secondary N) is 2. The second kappa shape index (κ2) is 8.93. The molecule has 0 bridgehead atoms. The van der Waals surface area contributed by atoms with Crippen LogP contribution in [0.4, 0.5) is 0 Å². The van der Waals surface area contributed by atoms with Crippen LogP contribution in [-0.4, -0.2) is 49.6 Å². The maximum absolute atomic E-state index is 8.65. The molecule has 16 heavy (non-hydrogen) atoms. The van der Waals surface area contributed by atoms with Crippen LogP contribution in [0.1, 0.15) is 25.7 Å². The van der Waals surface area contributed by atoms with Gasteiger partial charge in [-0.15, -0.1) is 0 Å². The van der Waals surface area contributed by atoms with Gasteiger partial charge in [0.1, 0.15) is 0 Å². The van der Waals surface area contributed by atoms with E-state index in [0.29, 0.717) is 25.0 Å². The molecule has 0 unspecified atom stereocenters. The minimum Gasteiger partial charge on any atom is -0.396 e. The van der Waals surface area contributed by atoms with E-state index < -0.39 is 0 Å². The Kier molecular flexibility index (Phi) is 7.76. The van der Waals surface area contributed by atoms with Crippen molar-refractivity contribution in [2.45, 2.75) is 25.7 Å². The monoisotopic (exact) mass is 230 g/mol. The van der Waals surface area contributed by atoms with Gasteiger partial charge in [-0.05, 0) is 50.6 Å². The lowest BCUT2D eigenvalue weighted by molar-refractivity contribution is 0.199.